The molecule has 0 atom stereocenters. The van der Waals surface area contributed by atoms with E-state index in [0.29, 0.717) is 0 Å². The van der Waals surface area contributed by atoms with Gasteiger partial charge in [0, 0.05) is 15.3 Å². The lowest BCUT2D eigenvalue weighted by molar-refractivity contribution is 0.867. The quantitative estimate of drug-likeness (QED) is 0.510. The van der Waals surface area contributed by atoms with Crippen LogP contribution in [0.1, 0.15) is 22.3 Å². The van der Waals surface area contributed by atoms with Crippen LogP contribution in [0.2, 0.25) is 0 Å². The highest BCUT2D eigenvalue weighted by molar-refractivity contribution is 6.20. The van der Waals surface area contributed by atoms with Gasteiger partial charge in [-0.1, -0.05) is 84.9 Å². The zero-order valence-corrected chi connectivity index (χ0v) is 14.6. The largest absolute Gasteiger partial charge is 0.0622 e. The monoisotopic (exact) mass is 288 g/mol. The molecule has 104 valence electrons. The van der Waals surface area contributed by atoms with Crippen LogP contribution in [0.25, 0.3) is 0 Å². The number of rotatable bonds is 3. The van der Waals surface area contributed by atoms with Crippen molar-refractivity contribution in [2.75, 3.05) is 0 Å². The first-order valence-electron chi connectivity index (χ1n) is 7.40. The van der Waals surface area contributed by atoms with Crippen LogP contribution < -0.4 is 0 Å². The van der Waals surface area contributed by atoms with Crippen molar-refractivity contribution in [2.45, 2.75) is 12.0 Å². The maximum Gasteiger partial charge on any atom is 0.0284 e. The van der Waals surface area contributed by atoms with E-state index in [1.54, 1.807) is 0 Å². The van der Waals surface area contributed by atoms with E-state index in [1.165, 1.54) is 22.3 Å². The fourth-order valence-electron chi connectivity index (χ4n) is 3.15. The Bertz CT molecular complexity index is 678. The topological polar surface area (TPSA) is 0 Å². The summed E-state index contributed by atoms with van der Waals surface area (Å²) in [6, 6.07) is 30.5. The van der Waals surface area contributed by atoms with Crippen molar-refractivity contribution in [2.24, 2.45) is 0 Å². The van der Waals surface area contributed by atoms with Gasteiger partial charge in [-0.15, -0.1) is 0 Å². The highest BCUT2D eigenvalue weighted by atomic mass is 28.1. The molecule has 0 amide bonds. The predicted octanol–water partition coefficient (Wildman–Crippen LogP) is 3.65. The molecule has 21 heavy (non-hydrogen) atoms. The molecular weight excluding hydrogens is 268 g/mol. The Morgan fingerprint density at radius 3 is 1.52 bits per heavy atom. The summed E-state index contributed by atoms with van der Waals surface area (Å²) in [4.78, 5) is 0. The van der Waals surface area contributed by atoms with E-state index < -0.39 is 0 Å². The zero-order valence-electron chi connectivity index (χ0n) is 12.6. The van der Waals surface area contributed by atoms with Crippen molar-refractivity contribution in [1.29, 1.82) is 0 Å². The normalized spacial score (nSPS) is 11.5. The third kappa shape index (κ3) is 2.45. The molecule has 0 aliphatic carbocycles. The summed E-state index contributed by atoms with van der Waals surface area (Å²) in [5.41, 5.74) is 5.56. The molecule has 0 bridgehead atoms. The molecule has 3 aromatic carbocycles. The minimum atomic E-state index is 0.00780. The van der Waals surface area contributed by atoms with Gasteiger partial charge >= 0.3 is 0 Å². The van der Waals surface area contributed by atoms with E-state index in [9.17, 15) is 0 Å². The van der Waals surface area contributed by atoms with Gasteiger partial charge in [-0.3, -0.25) is 0 Å². The van der Waals surface area contributed by atoms with Crippen LogP contribution in [-0.2, 0) is 5.04 Å². The van der Waals surface area contributed by atoms with Crippen LogP contribution in [0, 0.1) is 6.92 Å². The Labute approximate surface area is 129 Å². The van der Waals surface area contributed by atoms with E-state index in [0.717, 1.165) is 10.2 Å². The SMILES string of the molecule is Cc1ccccc1C([SiH3])(c1ccccc1)c1ccccc1. The Kier molecular flexibility index (Phi) is 3.76. The number of benzene rings is 3. The van der Waals surface area contributed by atoms with Gasteiger partial charge in [-0.05, 0) is 29.2 Å². The maximum absolute atomic E-state index is 2.28. The zero-order chi connectivity index (χ0) is 14.7. The smallest absolute Gasteiger partial charge is 0.0284 e. The molecule has 0 unspecified atom stereocenters. The highest BCUT2D eigenvalue weighted by Crippen LogP contribution is 2.37. The second kappa shape index (κ2) is 5.70. The van der Waals surface area contributed by atoms with Crippen molar-refractivity contribution in [3.63, 3.8) is 0 Å². The van der Waals surface area contributed by atoms with Crippen LogP contribution in [0.3, 0.4) is 0 Å². The fourth-order valence-corrected chi connectivity index (χ4v) is 4.38. The Hall–Kier alpha value is -2.12. The molecule has 0 saturated heterocycles. The van der Waals surface area contributed by atoms with Gasteiger partial charge in [0.25, 0.3) is 0 Å². The molecule has 0 radical (unpaired) electrons. The minimum Gasteiger partial charge on any atom is -0.0622 e. The van der Waals surface area contributed by atoms with Gasteiger partial charge in [0.05, 0.1) is 0 Å². The molecule has 0 heterocycles. The molecule has 3 rings (SSSR count). The summed E-state index contributed by atoms with van der Waals surface area (Å²) in [6.07, 6.45) is 0. The molecule has 3 aromatic rings. The van der Waals surface area contributed by atoms with Gasteiger partial charge in [0.2, 0.25) is 0 Å². The lowest BCUT2D eigenvalue weighted by Crippen LogP contribution is -2.30. The van der Waals surface area contributed by atoms with Crippen molar-refractivity contribution in [3.8, 4) is 0 Å². The molecule has 1 heteroatoms. The van der Waals surface area contributed by atoms with E-state index in [1.807, 2.05) is 0 Å². The third-order valence-corrected chi connectivity index (χ3v) is 6.08. The number of aryl methyl sites for hydroxylation is 1. The van der Waals surface area contributed by atoms with E-state index in [-0.39, 0.29) is 5.04 Å². The molecule has 0 aliphatic heterocycles. The molecule has 0 aliphatic rings. The van der Waals surface area contributed by atoms with E-state index in [4.69, 9.17) is 0 Å². The maximum atomic E-state index is 2.28. The average Bonchev–Trinajstić information content (AvgIpc) is 2.56. The molecule has 0 N–H and O–H groups in total. The van der Waals surface area contributed by atoms with Crippen molar-refractivity contribution in [3.05, 3.63) is 107 Å². The standard InChI is InChI=1S/C20H20Si/c1-16-10-8-9-15-19(16)20(21,17-11-4-2-5-12-17)18-13-6-3-7-14-18/h2-15H,1,21H3. The van der Waals surface area contributed by atoms with Gasteiger partial charge in [-0.25, -0.2) is 0 Å². The van der Waals surface area contributed by atoms with Gasteiger partial charge in [0.15, 0.2) is 0 Å². The van der Waals surface area contributed by atoms with Crippen LogP contribution in [-0.4, -0.2) is 10.2 Å². The van der Waals surface area contributed by atoms with Crippen molar-refractivity contribution in [1.82, 2.24) is 0 Å². The van der Waals surface area contributed by atoms with Gasteiger partial charge < -0.3 is 0 Å². The number of hydrogen-bond acceptors (Lipinski definition) is 0. The molecule has 0 spiro atoms. The van der Waals surface area contributed by atoms with Gasteiger partial charge in [-0.2, -0.15) is 0 Å². The Morgan fingerprint density at radius 2 is 1.05 bits per heavy atom. The summed E-state index contributed by atoms with van der Waals surface area (Å²) in [7, 11) is 1.03. The second-order valence-electron chi connectivity index (χ2n) is 5.67. The molecule has 0 aromatic heterocycles. The highest BCUT2D eigenvalue weighted by Gasteiger charge is 2.31. The fraction of sp³-hybridized carbons (Fsp3) is 0.100. The van der Waals surface area contributed by atoms with E-state index >= 15 is 0 Å². The Balaban J connectivity index is 2.29. The van der Waals surface area contributed by atoms with Crippen LogP contribution >= 0.6 is 0 Å². The lowest BCUT2D eigenvalue weighted by Gasteiger charge is -2.33. The van der Waals surface area contributed by atoms with Crippen molar-refractivity contribution >= 4 is 10.2 Å². The second-order valence-corrected chi connectivity index (χ2v) is 7.17. The molecule has 0 nitrogen and oxygen atoms in total. The summed E-state index contributed by atoms with van der Waals surface area (Å²) in [5, 5.41) is 0.00780. The first-order valence-corrected chi connectivity index (χ1v) is 8.40. The van der Waals surface area contributed by atoms with Crippen LogP contribution in [0.4, 0.5) is 0 Å². The third-order valence-electron chi connectivity index (χ3n) is 4.39. The first kappa shape index (κ1) is 13.8. The van der Waals surface area contributed by atoms with Crippen LogP contribution in [0.15, 0.2) is 84.9 Å². The molecule has 0 fully saturated rings. The minimum absolute atomic E-state index is 0.00780. The summed E-state index contributed by atoms with van der Waals surface area (Å²) < 4.78 is 0. The first-order chi connectivity index (χ1) is 10.2. The summed E-state index contributed by atoms with van der Waals surface area (Å²) in [6.45, 7) is 2.22. The summed E-state index contributed by atoms with van der Waals surface area (Å²) in [5.74, 6) is 0. The predicted molar refractivity (Wildman–Crippen MR) is 93.9 cm³/mol. The average molecular weight is 288 g/mol. The number of hydrogen-bond donors (Lipinski definition) is 0. The lowest BCUT2D eigenvalue weighted by atomic mass is 9.82. The van der Waals surface area contributed by atoms with E-state index in [2.05, 4.69) is 91.9 Å². The summed E-state index contributed by atoms with van der Waals surface area (Å²) >= 11 is 0. The van der Waals surface area contributed by atoms with Crippen molar-refractivity contribution < 1.29 is 0 Å². The Morgan fingerprint density at radius 1 is 0.619 bits per heavy atom. The van der Waals surface area contributed by atoms with Gasteiger partial charge in [0.1, 0.15) is 0 Å². The van der Waals surface area contributed by atoms with Crippen LogP contribution in [0.5, 0.6) is 0 Å². The molecule has 0 saturated carbocycles. The molecular formula is C20H20Si.